The second-order valence-corrected chi connectivity index (χ2v) is 11.3. The molecule has 0 aromatic carbocycles. The molecule has 1 saturated heterocycles. The molecule has 0 radical (unpaired) electrons. The first-order chi connectivity index (χ1) is 20.1. The van der Waals surface area contributed by atoms with Crippen LogP contribution in [0.3, 0.4) is 0 Å². The standard InChI is InChI=1S/C35H60O6/c1-3-5-7-9-11-12-15-20-24-28-35(38)40-31(29-36)30-39-34(37)27-23-19-16-13-14-18-22-26-33-32(41-33)25-21-17-10-8-6-4-2/h13,16-18,21-22,31-33,36H,3-12,14-15,19-20,23-30H2,1-2H3/b16-13-,21-17-,22-18-/t31-,32?,33?/m0/s1. The Morgan fingerprint density at radius 1 is 0.683 bits per heavy atom. The minimum Gasteiger partial charge on any atom is -0.462 e. The third kappa shape index (κ3) is 23.3. The second-order valence-electron chi connectivity index (χ2n) is 11.3. The number of epoxide rings is 1. The SMILES string of the molecule is CCCCC/C=C\CC1OC1C/C=C\C/C=C\CCCC(=O)OC[C@H](CO)OC(=O)CCCCCCCCCCC. The summed E-state index contributed by atoms with van der Waals surface area (Å²) < 4.78 is 16.2. The van der Waals surface area contributed by atoms with Gasteiger partial charge in [0.2, 0.25) is 0 Å². The molecule has 1 heterocycles. The van der Waals surface area contributed by atoms with E-state index in [1.54, 1.807) is 0 Å². The molecule has 0 aromatic heterocycles. The molecular formula is C35H60O6. The third-order valence-electron chi connectivity index (χ3n) is 7.34. The number of esters is 2. The number of carbonyl (C=O) groups is 2. The van der Waals surface area contributed by atoms with Crippen LogP contribution in [0.5, 0.6) is 0 Å². The summed E-state index contributed by atoms with van der Waals surface area (Å²) in [5, 5.41) is 9.47. The number of carbonyl (C=O) groups excluding carboxylic acids is 2. The van der Waals surface area contributed by atoms with E-state index in [1.165, 1.54) is 64.2 Å². The van der Waals surface area contributed by atoms with Gasteiger partial charge in [0.1, 0.15) is 6.61 Å². The second kappa shape index (κ2) is 26.9. The number of unbranched alkanes of at least 4 members (excludes halogenated alkanes) is 12. The largest absolute Gasteiger partial charge is 0.462 e. The van der Waals surface area contributed by atoms with Gasteiger partial charge in [0, 0.05) is 12.8 Å². The molecule has 6 heteroatoms. The smallest absolute Gasteiger partial charge is 0.306 e. The first-order valence-corrected chi connectivity index (χ1v) is 16.7. The van der Waals surface area contributed by atoms with E-state index in [-0.39, 0.29) is 25.2 Å². The Bertz CT molecular complexity index is 728. The maximum atomic E-state index is 12.0. The Labute approximate surface area is 251 Å². The summed E-state index contributed by atoms with van der Waals surface area (Å²) >= 11 is 0. The minimum absolute atomic E-state index is 0.0969. The molecular weight excluding hydrogens is 516 g/mol. The van der Waals surface area contributed by atoms with Crippen LogP contribution in [0.1, 0.15) is 142 Å². The zero-order chi connectivity index (χ0) is 29.8. The Morgan fingerprint density at radius 2 is 1.22 bits per heavy atom. The van der Waals surface area contributed by atoms with E-state index in [0.717, 1.165) is 44.9 Å². The maximum Gasteiger partial charge on any atom is 0.306 e. The summed E-state index contributed by atoms with van der Waals surface area (Å²) in [7, 11) is 0. The molecule has 1 fully saturated rings. The van der Waals surface area contributed by atoms with Gasteiger partial charge in [0.15, 0.2) is 6.10 Å². The van der Waals surface area contributed by atoms with Crippen LogP contribution in [0.15, 0.2) is 36.5 Å². The zero-order valence-corrected chi connectivity index (χ0v) is 26.2. The number of hydrogen-bond donors (Lipinski definition) is 1. The fraction of sp³-hybridized carbons (Fsp3) is 0.771. The highest BCUT2D eigenvalue weighted by molar-refractivity contribution is 5.70. The molecule has 0 bridgehead atoms. The summed E-state index contributed by atoms with van der Waals surface area (Å²) in [4.78, 5) is 24.0. The Hall–Kier alpha value is -1.92. The van der Waals surface area contributed by atoms with Crippen LogP contribution in [-0.4, -0.2) is 48.6 Å². The van der Waals surface area contributed by atoms with Crippen molar-refractivity contribution in [1.29, 1.82) is 0 Å². The van der Waals surface area contributed by atoms with E-state index in [0.29, 0.717) is 31.5 Å². The average molecular weight is 577 g/mol. The van der Waals surface area contributed by atoms with E-state index in [2.05, 4.69) is 50.3 Å². The van der Waals surface area contributed by atoms with Crippen LogP contribution in [0, 0.1) is 0 Å². The molecule has 0 amide bonds. The van der Waals surface area contributed by atoms with Crippen molar-refractivity contribution in [2.24, 2.45) is 0 Å². The van der Waals surface area contributed by atoms with Gasteiger partial charge in [-0.15, -0.1) is 0 Å². The fourth-order valence-electron chi connectivity index (χ4n) is 4.64. The molecule has 6 nitrogen and oxygen atoms in total. The summed E-state index contributed by atoms with van der Waals surface area (Å²) in [6, 6.07) is 0. The van der Waals surface area contributed by atoms with Crippen molar-refractivity contribution in [3.8, 4) is 0 Å². The van der Waals surface area contributed by atoms with Gasteiger partial charge in [-0.05, 0) is 51.4 Å². The fourth-order valence-corrected chi connectivity index (χ4v) is 4.64. The first-order valence-electron chi connectivity index (χ1n) is 16.7. The Morgan fingerprint density at radius 3 is 1.90 bits per heavy atom. The lowest BCUT2D eigenvalue weighted by Crippen LogP contribution is -2.28. The van der Waals surface area contributed by atoms with Crippen LogP contribution in [0.2, 0.25) is 0 Å². The summed E-state index contributed by atoms with van der Waals surface area (Å²) in [6.07, 6.45) is 33.8. The lowest BCUT2D eigenvalue weighted by Gasteiger charge is -2.15. The normalized spacial score (nSPS) is 17.5. The predicted octanol–water partition coefficient (Wildman–Crippen LogP) is 8.71. The topological polar surface area (TPSA) is 85.4 Å². The molecule has 236 valence electrons. The molecule has 2 unspecified atom stereocenters. The van der Waals surface area contributed by atoms with Gasteiger partial charge in [-0.3, -0.25) is 9.59 Å². The molecule has 3 atom stereocenters. The number of rotatable bonds is 28. The van der Waals surface area contributed by atoms with E-state index in [1.807, 2.05) is 0 Å². The van der Waals surface area contributed by atoms with Gasteiger partial charge in [0.25, 0.3) is 0 Å². The lowest BCUT2D eigenvalue weighted by atomic mass is 10.1. The number of hydrogen-bond acceptors (Lipinski definition) is 6. The van der Waals surface area contributed by atoms with E-state index < -0.39 is 6.10 Å². The van der Waals surface area contributed by atoms with Crippen molar-refractivity contribution in [3.63, 3.8) is 0 Å². The summed E-state index contributed by atoms with van der Waals surface area (Å²) in [5.74, 6) is -0.668. The monoisotopic (exact) mass is 576 g/mol. The number of aliphatic hydroxyl groups excluding tert-OH is 1. The molecule has 0 aliphatic carbocycles. The molecule has 1 N–H and O–H groups in total. The highest BCUT2D eigenvalue weighted by Crippen LogP contribution is 2.29. The van der Waals surface area contributed by atoms with E-state index >= 15 is 0 Å². The third-order valence-corrected chi connectivity index (χ3v) is 7.34. The molecule has 1 rings (SSSR count). The quantitative estimate of drug-likeness (QED) is 0.0434. The van der Waals surface area contributed by atoms with Crippen LogP contribution in [0.4, 0.5) is 0 Å². The molecule has 0 saturated carbocycles. The first kappa shape index (κ1) is 37.1. The van der Waals surface area contributed by atoms with E-state index in [9.17, 15) is 14.7 Å². The maximum absolute atomic E-state index is 12.0. The zero-order valence-electron chi connectivity index (χ0n) is 26.2. The van der Waals surface area contributed by atoms with Crippen LogP contribution < -0.4 is 0 Å². The Kier molecular flexibility index (Phi) is 24.4. The van der Waals surface area contributed by atoms with Gasteiger partial charge in [-0.25, -0.2) is 0 Å². The summed E-state index contributed by atoms with van der Waals surface area (Å²) in [6.45, 7) is 4.01. The van der Waals surface area contributed by atoms with Gasteiger partial charge < -0.3 is 19.3 Å². The van der Waals surface area contributed by atoms with Gasteiger partial charge in [-0.1, -0.05) is 115 Å². The predicted molar refractivity (Wildman–Crippen MR) is 168 cm³/mol. The van der Waals surface area contributed by atoms with Crippen LogP contribution in [0.25, 0.3) is 0 Å². The van der Waals surface area contributed by atoms with Crippen molar-refractivity contribution in [2.45, 2.75) is 161 Å². The van der Waals surface area contributed by atoms with Crippen LogP contribution >= 0.6 is 0 Å². The van der Waals surface area contributed by atoms with Crippen molar-refractivity contribution in [1.82, 2.24) is 0 Å². The molecule has 1 aliphatic rings. The highest BCUT2D eigenvalue weighted by atomic mass is 16.6. The van der Waals surface area contributed by atoms with Gasteiger partial charge in [-0.2, -0.15) is 0 Å². The van der Waals surface area contributed by atoms with Crippen molar-refractivity contribution in [2.75, 3.05) is 13.2 Å². The number of aliphatic hydroxyl groups is 1. The summed E-state index contributed by atoms with van der Waals surface area (Å²) in [5.41, 5.74) is 0. The minimum atomic E-state index is -0.792. The van der Waals surface area contributed by atoms with E-state index in [4.69, 9.17) is 14.2 Å². The molecule has 0 aromatic rings. The highest BCUT2D eigenvalue weighted by Gasteiger charge is 2.35. The van der Waals surface area contributed by atoms with Gasteiger partial charge >= 0.3 is 11.9 Å². The average Bonchev–Trinajstić information content (AvgIpc) is 3.73. The van der Waals surface area contributed by atoms with Gasteiger partial charge in [0.05, 0.1) is 18.8 Å². The molecule has 0 spiro atoms. The number of allylic oxidation sites excluding steroid dienone is 4. The van der Waals surface area contributed by atoms with Crippen molar-refractivity contribution < 1.29 is 28.9 Å². The lowest BCUT2D eigenvalue weighted by molar-refractivity contribution is -0.161. The number of ether oxygens (including phenoxy) is 3. The van der Waals surface area contributed by atoms with Crippen molar-refractivity contribution >= 4 is 11.9 Å². The molecule has 41 heavy (non-hydrogen) atoms. The van der Waals surface area contributed by atoms with Crippen molar-refractivity contribution in [3.05, 3.63) is 36.5 Å². The molecule has 1 aliphatic heterocycles. The Balaban J connectivity index is 1.97. The van der Waals surface area contributed by atoms with Crippen LogP contribution in [-0.2, 0) is 23.8 Å².